The number of hydrogen-bond donors (Lipinski definition) is 4. The highest BCUT2D eigenvalue weighted by Crippen LogP contribution is 2.47. The molecule has 3 aromatic rings. The van der Waals surface area contributed by atoms with Gasteiger partial charge in [-0.1, -0.05) is 13.3 Å². The SMILES string of the molecule is CCC(C=O)c1cc2n(c(=O)c1COC)Cc1c-2nc2cc(F)c(C)c3c2c1C(NC(=O)C1(COCNC(=O)CNC(=O)CNC)CCC1)CC3. The largest absolute Gasteiger partial charge is 0.380 e. The zero-order valence-electron chi connectivity index (χ0n) is 29.5. The molecule has 13 nitrogen and oxygen atoms in total. The Morgan fingerprint density at radius 2 is 1.92 bits per heavy atom. The molecule has 2 aliphatic carbocycles. The molecule has 2 aromatic heterocycles. The quantitative estimate of drug-likeness (QED) is 0.0825. The lowest BCUT2D eigenvalue weighted by atomic mass is 9.68. The number of hydrogen-bond acceptors (Lipinski definition) is 9. The molecule has 1 aromatic carbocycles. The molecule has 1 fully saturated rings. The van der Waals surface area contributed by atoms with Gasteiger partial charge in [0, 0.05) is 35.6 Å². The third kappa shape index (κ3) is 6.67. The molecule has 0 saturated heterocycles. The minimum atomic E-state index is -0.784. The van der Waals surface area contributed by atoms with Crippen molar-refractivity contribution in [2.45, 2.75) is 77.5 Å². The predicted molar refractivity (Wildman–Crippen MR) is 186 cm³/mol. The number of fused-ring (bicyclic) bond motifs is 4. The van der Waals surface area contributed by atoms with Gasteiger partial charge in [-0.2, -0.15) is 0 Å². The smallest absolute Gasteiger partial charge is 0.257 e. The van der Waals surface area contributed by atoms with Crippen molar-refractivity contribution in [2.75, 3.05) is 40.6 Å². The number of carbonyl (C=O) groups is 4. The van der Waals surface area contributed by atoms with Crippen LogP contribution >= 0.6 is 0 Å². The van der Waals surface area contributed by atoms with Crippen molar-refractivity contribution in [3.05, 3.63) is 61.7 Å². The van der Waals surface area contributed by atoms with E-state index in [9.17, 15) is 24.0 Å². The number of ether oxygens (including phenoxy) is 2. The summed E-state index contributed by atoms with van der Waals surface area (Å²) in [7, 11) is 3.14. The van der Waals surface area contributed by atoms with Crippen LogP contribution in [0, 0.1) is 18.2 Å². The summed E-state index contributed by atoms with van der Waals surface area (Å²) in [6.07, 6.45) is 4.49. The Bertz CT molecular complexity index is 1960. The molecule has 3 amide bonds. The number of rotatable bonds is 15. The number of aryl methyl sites for hydroxylation is 1. The van der Waals surface area contributed by atoms with Gasteiger partial charge in [0.2, 0.25) is 17.7 Å². The van der Waals surface area contributed by atoms with Crippen LogP contribution in [-0.2, 0) is 48.2 Å². The van der Waals surface area contributed by atoms with E-state index < -0.39 is 23.3 Å². The second-order valence-corrected chi connectivity index (χ2v) is 13.7. The van der Waals surface area contributed by atoms with Crippen molar-refractivity contribution in [3.8, 4) is 11.4 Å². The van der Waals surface area contributed by atoms with Crippen molar-refractivity contribution in [1.82, 2.24) is 30.8 Å². The first-order chi connectivity index (χ1) is 24.6. The van der Waals surface area contributed by atoms with Crippen LogP contribution in [0.3, 0.4) is 0 Å². The van der Waals surface area contributed by atoms with Gasteiger partial charge in [-0.3, -0.25) is 19.2 Å². The van der Waals surface area contributed by atoms with Crippen LogP contribution < -0.4 is 26.8 Å². The van der Waals surface area contributed by atoms with Gasteiger partial charge in [0.25, 0.3) is 5.56 Å². The third-order valence-corrected chi connectivity index (χ3v) is 10.7. The molecule has 4 N–H and O–H groups in total. The summed E-state index contributed by atoms with van der Waals surface area (Å²) in [5.74, 6) is -1.75. The molecule has 2 unspecified atom stereocenters. The van der Waals surface area contributed by atoms with Gasteiger partial charge in [0.05, 0.1) is 61.2 Å². The van der Waals surface area contributed by atoms with E-state index in [1.165, 1.54) is 13.2 Å². The van der Waals surface area contributed by atoms with Gasteiger partial charge >= 0.3 is 0 Å². The summed E-state index contributed by atoms with van der Waals surface area (Å²) in [4.78, 5) is 68.9. The Kier molecular flexibility index (Phi) is 10.7. The Labute approximate surface area is 295 Å². The van der Waals surface area contributed by atoms with Crippen molar-refractivity contribution in [3.63, 3.8) is 0 Å². The maximum atomic E-state index is 15.3. The lowest BCUT2D eigenvalue weighted by Gasteiger charge is -2.41. The maximum absolute atomic E-state index is 15.3. The number of likely N-dealkylation sites (N-methyl/N-ethyl adjacent to an activating group) is 1. The standard InChI is InChI=1S/C37H45FN6O7/c1-5-21(16-45)23-11-29-34-24(15-44(29)35(48)25(23)17-50-4)33-27(8-7-22-20(2)26(38)12-28(42-34)32(22)33)43-36(49)37(9-6-10-37)18-51-19-41-31(47)14-40-30(46)13-39-3/h11-12,16,21,27,39H,5-10,13-15,17-19H2,1-4H3,(H,40,46)(H,41,47)(H,43,49). The minimum Gasteiger partial charge on any atom is -0.380 e. The summed E-state index contributed by atoms with van der Waals surface area (Å²) in [6.45, 7) is 3.79. The number of pyridine rings is 2. The molecule has 0 radical (unpaired) electrons. The molecule has 3 heterocycles. The van der Waals surface area contributed by atoms with Crippen LogP contribution in [0.2, 0.25) is 0 Å². The number of carbonyl (C=O) groups excluding carboxylic acids is 4. The number of aromatic nitrogens is 2. The molecular weight excluding hydrogens is 659 g/mol. The van der Waals surface area contributed by atoms with Crippen LogP contribution in [0.1, 0.15) is 84.4 Å². The number of aldehydes is 1. The first-order valence-corrected chi connectivity index (χ1v) is 17.5. The maximum Gasteiger partial charge on any atom is 0.257 e. The van der Waals surface area contributed by atoms with Crippen molar-refractivity contribution >= 4 is 34.9 Å². The van der Waals surface area contributed by atoms with E-state index in [1.54, 1.807) is 18.5 Å². The second-order valence-electron chi connectivity index (χ2n) is 13.7. The summed E-state index contributed by atoms with van der Waals surface area (Å²) >= 11 is 0. The highest BCUT2D eigenvalue weighted by atomic mass is 19.1. The predicted octanol–water partition coefficient (Wildman–Crippen LogP) is 2.41. The molecule has 1 aliphatic heterocycles. The molecule has 51 heavy (non-hydrogen) atoms. The molecule has 1 saturated carbocycles. The number of halogens is 1. The van der Waals surface area contributed by atoms with Gasteiger partial charge in [-0.05, 0) is 74.4 Å². The van der Waals surface area contributed by atoms with E-state index in [4.69, 9.17) is 14.5 Å². The Morgan fingerprint density at radius 3 is 2.59 bits per heavy atom. The topological polar surface area (TPSA) is 170 Å². The van der Waals surface area contributed by atoms with E-state index in [-0.39, 0.29) is 62.8 Å². The fraction of sp³-hybridized carbons (Fsp3) is 0.514. The van der Waals surface area contributed by atoms with Crippen molar-refractivity contribution < 1.29 is 33.0 Å². The normalized spacial score (nSPS) is 17.2. The number of benzene rings is 1. The van der Waals surface area contributed by atoms with Gasteiger partial charge in [-0.25, -0.2) is 9.37 Å². The fourth-order valence-electron chi connectivity index (χ4n) is 7.71. The summed E-state index contributed by atoms with van der Waals surface area (Å²) in [5.41, 5.74) is 4.50. The van der Waals surface area contributed by atoms with Crippen LogP contribution in [0.15, 0.2) is 16.9 Å². The third-order valence-electron chi connectivity index (χ3n) is 10.7. The Morgan fingerprint density at radius 1 is 1.16 bits per heavy atom. The van der Waals surface area contributed by atoms with E-state index in [2.05, 4.69) is 21.3 Å². The number of amides is 3. The summed E-state index contributed by atoms with van der Waals surface area (Å²) < 4.78 is 28.1. The molecule has 0 spiro atoms. The lowest BCUT2D eigenvalue weighted by Crippen LogP contribution is -2.50. The first kappa shape index (κ1) is 36.3. The highest BCUT2D eigenvalue weighted by Gasteiger charge is 2.46. The lowest BCUT2D eigenvalue weighted by molar-refractivity contribution is -0.143. The van der Waals surface area contributed by atoms with Crippen molar-refractivity contribution in [2.24, 2.45) is 5.41 Å². The molecule has 272 valence electrons. The van der Waals surface area contributed by atoms with Gasteiger partial charge in [-0.15, -0.1) is 0 Å². The van der Waals surface area contributed by atoms with Gasteiger partial charge in [0.15, 0.2) is 0 Å². The number of nitrogens with one attached hydrogen (secondary N) is 4. The average molecular weight is 705 g/mol. The van der Waals surface area contributed by atoms with Crippen LogP contribution in [0.25, 0.3) is 22.3 Å². The zero-order chi connectivity index (χ0) is 36.4. The van der Waals surface area contributed by atoms with E-state index in [0.29, 0.717) is 65.7 Å². The number of nitrogens with zero attached hydrogens (tertiary/aromatic N) is 2. The average Bonchev–Trinajstić information content (AvgIpc) is 3.46. The molecule has 14 heteroatoms. The summed E-state index contributed by atoms with van der Waals surface area (Å²) in [5, 5.41) is 11.9. The highest BCUT2D eigenvalue weighted by molar-refractivity contribution is 5.94. The fourth-order valence-corrected chi connectivity index (χ4v) is 7.71. The van der Waals surface area contributed by atoms with Crippen molar-refractivity contribution in [1.29, 1.82) is 0 Å². The molecule has 6 rings (SSSR count). The molecule has 0 bridgehead atoms. The first-order valence-electron chi connectivity index (χ1n) is 17.5. The van der Waals surface area contributed by atoms with Gasteiger partial charge in [0.1, 0.15) is 18.8 Å². The Hall–Kier alpha value is -4.53. The van der Waals surface area contributed by atoms with Crippen LogP contribution in [-0.4, -0.2) is 74.1 Å². The monoisotopic (exact) mass is 704 g/mol. The van der Waals surface area contributed by atoms with Crippen LogP contribution in [0.4, 0.5) is 4.39 Å². The van der Waals surface area contributed by atoms with E-state index in [1.807, 2.05) is 13.0 Å². The van der Waals surface area contributed by atoms with E-state index >= 15 is 4.39 Å². The van der Waals surface area contributed by atoms with E-state index in [0.717, 1.165) is 34.8 Å². The van der Waals surface area contributed by atoms with Gasteiger partial charge < -0.3 is 40.1 Å². The Balaban J connectivity index is 1.30. The molecule has 2 atom stereocenters. The number of methoxy groups -OCH3 is 1. The minimum absolute atomic E-state index is 0.0473. The zero-order valence-corrected chi connectivity index (χ0v) is 29.5. The molecular formula is C37H45FN6O7. The van der Waals surface area contributed by atoms with Crippen LogP contribution in [0.5, 0.6) is 0 Å². The second kappa shape index (κ2) is 15.0. The summed E-state index contributed by atoms with van der Waals surface area (Å²) in [6, 6.07) is 2.83. The molecule has 3 aliphatic rings.